The summed E-state index contributed by atoms with van der Waals surface area (Å²) in [6.07, 6.45) is 0.180. The molecular formula is C16H22N2O2. The Morgan fingerprint density at radius 1 is 1.15 bits per heavy atom. The van der Waals surface area contributed by atoms with Gasteiger partial charge in [-0.05, 0) is 38.1 Å². The highest BCUT2D eigenvalue weighted by Crippen LogP contribution is 2.23. The van der Waals surface area contributed by atoms with E-state index < -0.39 is 0 Å². The van der Waals surface area contributed by atoms with Crippen LogP contribution in [0.4, 0.5) is 0 Å². The predicted octanol–water partition coefficient (Wildman–Crippen LogP) is 3.63. The lowest BCUT2D eigenvalue weighted by molar-refractivity contribution is 0.242. The third kappa shape index (κ3) is 4.10. The van der Waals surface area contributed by atoms with Crippen LogP contribution in [0.3, 0.4) is 0 Å². The molecule has 0 amide bonds. The molecule has 0 aliphatic heterocycles. The highest BCUT2D eigenvalue weighted by molar-refractivity contribution is 5.58. The number of ether oxygens (including phenoxy) is 1. The molecule has 108 valence electrons. The van der Waals surface area contributed by atoms with Crippen molar-refractivity contribution >= 4 is 0 Å². The van der Waals surface area contributed by atoms with E-state index in [0.717, 1.165) is 29.3 Å². The molecule has 0 saturated heterocycles. The Hall–Kier alpha value is -1.81. The zero-order valence-electron chi connectivity index (χ0n) is 12.5. The van der Waals surface area contributed by atoms with E-state index >= 15 is 0 Å². The largest absolute Gasteiger partial charge is 0.491 e. The van der Waals surface area contributed by atoms with Crippen LogP contribution in [0, 0.1) is 0 Å². The third-order valence-corrected chi connectivity index (χ3v) is 2.76. The molecule has 0 bridgehead atoms. The Morgan fingerprint density at radius 3 is 2.45 bits per heavy atom. The van der Waals surface area contributed by atoms with Crippen LogP contribution >= 0.6 is 0 Å². The van der Waals surface area contributed by atoms with Crippen LogP contribution < -0.4 is 10.1 Å². The molecule has 1 heterocycles. The third-order valence-electron chi connectivity index (χ3n) is 2.76. The number of aromatic nitrogens is 1. The first-order valence-corrected chi connectivity index (χ1v) is 7.00. The van der Waals surface area contributed by atoms with Gasteiger partial charge in [0.1, 0.15) is 5.75 Å². The van der Waals surface area contributed by atoms with Crippen LogP contribution in [-0.4, -0.2) is 17.3 Å². The van der Waals surface area contributed by atoms with Gasteiger partial charge in [0.25, 0.3) is 0 Å². The average molecular weight is 274 g/mol. The molecule has 4 heteroatoms. The average Bonchev–Trinajstić information content (AvgIpc) is 2.85. The lowest BCUT2D eigenvalue weighted by Gasteiger charge is -2.09. The van der Waals surface area contributed by atoms with Crippen molar-refractivity contribution in [1.29, 1.82) is 0 Å². The summed E-state index contributed by atoms with van der Waals surface area (Å²) in [5, 5.41) is 7.38. The topological polar surface area (TPSA) is 47.3 Å². The van der Waals surface area contributed by atoms with Gasteiger partial charge in [-0.25, -0.2) is 0 Å². The number of hydrogen-bond acceptors (Lipinski definition) is 4. The van der Waals surface area contributed by atoms with Gasteiger partial charge in [-0.1, -0.05) is 19.0 Å². The minimum atomic E-state index is 0.180. The maximum Gasteiger partial charge on any atom is 0.167 e. The number of nitrogens with zero attached hydrogens (tertiary/aromatic N) is 1. The molecule has 0 unspecified atom stereocenters. The summed E-state index contributed by atoms with van der Waals surface area (Å²) in [5.74, 6) is 1.65. The zero-order chi connectivity index (χ0) is 14.5. The fourth-order valence-electron chi connectivity index (χ4n) is 1.81. The molecular weight excluding hydrogens is 252 g/mol. The van der Waals surface area contributed by atoms with Crippen LogP contribution in [0.25, 0.3) is 11.3 Å². The van der Waals surface area contributed by atoms with Crippen molar-refractivity contribution in [3.8, 4) is 17.1 Å². The second-order valence-electron chi connectivity index (χ2n) is 5.41. The Labute approximate surface area is 120 Å². The quantitative estimate of drug-likeness (QED) is 0.874. The summed E-state index contributed by atoms with van der Waals surface area (Å²) in [6.45, 7) is 8.95. The van der Waals surface area contributed by atoms with E-state index in [-0.39, 0.29) is 6.10 Å². The number of rotatable bonds is 6. The normalized spacial score (nSPS) is 11.3. The first-order chi connectivity index (χ1) is 9.54. The zero-order valence-corrected chi connectivity index (χ0v) is 12.5. The van der Waals surface area contributed by atoms with Crippen LogP contribution in [0.2, 0.25) is 0 Å². The smallest absolute Gasteiger partial charge is 0.167 e. The maximum atomic E-state index is 5.62. The maximum absolute atomic E-state index is 5.62. The van der Waals surface area contributed by atoms with Crippen molar-refractivity contribution in [3.05, 3.63) is 36.0 Å². The van der Waals surface area contributed by atoms with E-state index in [1.54, 1.807) is 0 Å². The van der Waals surface area contributed by atoms with Gasteiger partial charge in [0.05, 0.1) is 11.8 Å². The highest BCUT2D eigenvalue weighted by atomic mass is 16.5. The standard InChI is InChI=1S/C16H22N2O2/c1-11(2)17-10-14-9-16(20-18-14)13-5-7-15(8-6-13)19-12(3)4/h5-9,11-12,17H,10H2,1-4H3. The Balaban J connectivity index is 2.04. The van der Waals surface area contributed by atoms with E-state index in [9.17, 15) is 0 Å². The first-order valence-electron chi connectivity index (χ1n) is 7.00. The molecule has 0 aliphatic carbocycles. The minimum absolute atomic E-state index is 0.180. The van der Waals surface area contributed by atoms with Crippen molar-refractivity contribution in [1.82, 2.24) is 10.5 Å². The first kappa shape index (κ1) is 14.6. The van der Waals surface area contributed by atoms with Gasteiger partial charge in [0.2, 0.25) is 0 Å². The van der Waals surface area contributed by atoms with Gasteiger partial charge in [-0.15, -0.1) is 0 Å². The number of benzene rings is 1. The predicted molar refractivity (Wildman–Crippen MR) is 79.7 cm³/mol. The fraction of sp³-hybridized carbons (Fsp3) is 0.438. The molecule has 0 saturated carbocycles. The van der Waals surface area contributed by atoms with E-state index in [1.165, 1.54) is 0 Å². The molecule has 1 N–H and O–H groups in total. The van der Waals surface area contributed by atoms with Crippen molar-refractivity contribution < 1.29 is 9.26 Å². The van der Waals surface area contributed by atoms with Crippen molar-refractivity contribution in [2.45, 2.75) is 46.4 Å². The molecule has 0 fully saturated rings. The Kier molecular flexibility index (Phi) is 4.79. The molecule has 0 spiro atoms. The molecule has 0 aliphatic rings. The molecule has 2 rings (SSSR count). The monoisotopic (exact) mass is 274 g/mol. The SMILES string of the molecule is CC(C)NCc1cc(-c2ccc(OC(C)C)cc2)on1. The summed E-state index contributed by atoms with van der Waals surface area (Å²) >= 11 is 0. The fourth-order valence-corrected chi connectivity index (χ4v) is 1.81. The van der Waals surface area contributed by atoms with Crippen LogP contribution in [0.5, 0.6) is 5.75 Å². The van der Waals surface area contributed by atoms with Crippen molar-refractivity contribution in [2.24, 2.45) is 0 Å². The van der Waals surface area contributed by atoms with E-state index in [0.29, 0.717) is 6.04 Å². The summed E-state index contributed by atoms with van der Waals surface area (Å²) in [7, 11) is 0. The van der Waals surface area contributed by atoms with Gasteiger partial charge >= 0.3 is 0 Å². The molecule has 1 aromatic carbocycles. The van der Waals surface area contributed by atoms with Gasteiger partial charge in [-0.3, -0.25) is 0 Å². The molecule has 2 aromatic rings. The van der Waals surface area contributed by atoms with Gasteiger partial charge < -0.3 is 14.6 Å². The molecule has 4 nitrogen and oxygen atoms in total. The summed E-state index contributed by atoms with van der Waals surface area (Å²) < 4.78 is 11.0. The Bertz CT molecular complexity index is 530. The van der Waals surface area contributed by atoms with Crippen LogP contribution in [0.15, 0.2) is 34.9 Å². The van der Waals surface area contributed by atoms with Gasteiger partial charge in [-0.2, -0.15) is 0 Å². The Morgan fingerprint density at radius 2 is 1.85 bits per heavy atom. The van der Waals surface area contributed by atoms with E-state index in [4.69, 9.17) is 9.26 Å². The summed E-state index contributed by atoms with van der Waals surface area (Å²) in [5.41, 5.74) is 1.92. The summed E-state index contributed by atoms with van der Waals surface area (Å²) in [6, 6.07) is 10.3. The van der Waals surface area contributed by atoms with Gasteiger partial charge in [0, 0.05) is 24.2 Å². The lowest BCUT2D eigenvalue weighted by Crippen LogP contribution is -2.21. The second kappa shape index (κ2) is 6.57. The van der Waals surface area contributed by atoms with Crippen molar-refractivity contribution in [3.63, 3.8) is 0 Å². The number of hydrogen-bond donors (Lipinski definition) is 1. The molecule has 20 heavy (non-hydrogen) atoms. The highest BCUT2D eigenvalue weighted by Gasteiger charge is 2.07. The molecule has 0 radical (unpaired) electrons. The molecule has 1 aromatic heterocycles. The lowest BCUT2D eigenvalue weighted by atomic mass is 10.1. The summed E-state index contributed by atoms with van der Waals surface area (Å²) in [4.78, 5) is 0. The van der Waals surface area contributed by atoms with E-state index in [2.05, 4.69) is 24.3 Å². The van der Waals surface area contributed by atoms with Crippen LogP contribution in [0.1, 0.15) is 33.4 Å². The minimum Gasteiger partial charge on any atom is -0.491 e. The van der Waals surface area contributed by atoms with Gasteiger partial charge in [0.15, 0.2) is 5.76 Å². The number of nitrogens with one attached hydrogen (secondary N) is 1. The van der Waals surface area contributed by atoms with E-state index in [1.807, 2.05) is 44.2 Å². The van der Waals surface area contributed by atoms with Crippen LogP contribution in [-0.2, 0) is 6.54 Å². The second-order valence-corrected chi connectivity index (χ2v) is 5.41. The molecule has 0 atom stereocenters. The van der Waals surface area contributed by atoms with Crippen molar-refractivity contribution in [2.75, 3.05) is 0 Å².